The number of likely N-dealkylation sites (tertiary alicyclic amines) is 2. The van der Waals surface area contributed by atoms with Gasteiger partial charge < -0.3 is 29.3 Å². The van der Waals surface area contributed by atoms with Gasteiger partial charge in [-0.15, -0.1) is 0 Å². The standard InChI is InChI=1S/C27H41N3O6/c1-6-34-24(31)18-35-22-7-8-23(19(2)17-22)28-25(32)29-13-9-20(10-14-29)21-11-15-30(16-12-21)26(33)36-27(3,4)5/h7-8,17,20-21H,6,9-16,18H2,1-5H3,(H,28,32). The molecule has 2 aliphatic heterocycles. The Morgan fingerprint density at radius 1 is 0.972 bits per heavy atom. The van der Waals surface area contributed by atoms with Crippen LogP contribution in [0.3, 0.4) is 0 Å². The molecule has 0 unspecified atom stereocenters. The topological polar surface area (TPSA) is 97.4 Å². The van der Waals surface area contributed by atoms with Crippen LogP contribution in [0.2, 0.25) is 0 Å². The third-order valence-corrected chi connectivity index (χ3v) is 6.79. The number of urea groups is 1. The van der Waals surface area contributed by atoms with Crippen LogP contribution in [-0.2, 0) is 14.3 Å². The summed E-state index contributed by atoms with van der Waals surface area (Å²) in [5.41, 5.74) is 1.11. The maximum absolute atomic E-state index is 12.9. The number of carbonyl (C=O) groups is 3. The van der Waals surface area contributed by atoms with Crippen molar-refractivity contribution >= 4 is 23.8 Å². The lowest BCUT2D eigenvalue weighted by atomic mass is 9.79. The Balaban J connectivity index is 1.42. The molecule has 0 aliphatic carbocycles. The van der Waals surface area contributed by atoms with Crippen molar-refractivity contribution in [2.75, 3.05) is 44.7 Å². The predicted octanol–water partition coefficient (Wildman–Crippen LogP) is 4.83. The van der Waals surface area contributed by atoms with Crippen molar-refractivity contribution in [2.24, 2.45) is 11.8 Å². The summed E-state index contributed by atoms with van der Waals surface area (Å²) in [6.45, 7) is 12.4. The molecule has 0 aromatic heterocycles. The summed E-state index contributed by atoms with van der Waals surface area (Å²) >= 11 is 0. The summed E-state index contributed by atoms with van der Waals surface area (Å²) in [5, 5.41) is 3.01. The molecule has 2 aliphatic rings. The molecule has 0 spiro atoms. The summed E-state index contributed by atoms with van der Waals surface area (Å²) in [6, 6.07) is 5.22. The SMILES string of the molecule is CCOC(=O)COc1ccc(NC(=O)N2CCC(C3CCN(C(=O)OC(C)(C)C)CC3)CC2)c(C)c1. The fourth-order valence-corrected chi connectivity index (χ4v) is 4.86. The molecule has 0 radical (unpaired) electrons. The fraction of sp³-hybridized carbons (Fsp3) is 0.667. The van der Waals surface area contributed by atoms with Gasteiger partial charge in [-0.25, -0.2) is 14.4 Å². The van der Waals surface area contributed by atoms with Gasteiger partial charge in [0, 0.05) is 31.9 Å². The molecule has 2 heterocycles. The van der Waals surface area contributed by atoms with Crippen molar-refractivity contribution in [2.45, 2.75) is 65.9 Å². The van der Waals surface area contributed by atoms with Crippen LogP contribution in [0.15, 0.2) is 18.2 Å². The number of ether oxygens (including phenoxy) is 3. The molecule has 1 aromatic rings. The van der Waals surface area contributed by atoms with E-state index in [0.717, 1.165) is 63.1 Å². The van der Waals surface area contributed by atoms with Gasteiger partial charge in [0.05, 0.1) is 6.61 Å². The molecular formula is C27H41N3O6. The van der Waals surface area contributed by atoms with Crippen molar-refractivity contribution in [1.82, 2.24) is 9.80 Å². The molecule has 200 valence electrons. The van der Waals surface area contributed by atoms with Crippen molar-refractivity contribution in [3.8, 4) is 5.75 Å². The normalized spacial score (nSPS) is 17.5. The highest BCUT2D eigenvalue weighted by molar-refractivity contribution is 5.90. The van der Waals surface area contributed by atoms with Crippen LogP contribution in [0.25, 0.3) is 0 Å². The number of amides is 3. The minimum atomic E-state index is -0.472. The average molecular weight is 504 g/mol. The third-order valence-electron chi connectivity index (χ3n) is 6.79. The zero-order valence-electron chi connectivity index (χ0n) is 22.3. The van der Waals surface area contributed by atoms with Crippen molar-refractivity contribution in [3.63, 3.8) is 0 Å². The van der Waals surface area contributed by atoms with Gasteiger partial charge in [0.15, 0.2) is 6.61 Å². The van der Waals surface area contributed by atoms with E-state index in [0.29, 0.717) is 24.2 Å². The van der Waals surface area contributed by atoms with E-state index in [1.165, 1.54) is 0 Å². The number of hydrogen-bond donors (Lipinski definition) is 1. The van der Waals surface area contributed by atoms with Crippen LogP contribution in [0, 0.1) is 18.8 Å². The summed E-state index contributed by atoms with van der Waals surface area (Å²) < 4.78 is 15.8. The molecule has 1 aromatic carbocycles. The number of anilines is 1. The molecule has 0 atom stereocenters. The Kier molecular flexibility index (Phi) is 9.45. The molecule has 2 fully saturated rings. The van der Waals surface area contributed by atoms with Crippen molar-refractivity contribution < 1.29 is 28.6 Å². The third kappa shape index (κ3) is 8.03. The Hall–Kier alpha value is -2.97. The van der Waals surface area contributed by atoms with E-state index in [4.69, 9.17) is 14.2 Å². The van der Waals surface area contributed by atoms with Crippen molar-refractivity contribution in [1.29, 1.82) is 0 Å². The minimum Gasteiger partial charge on any atom is -0.482 e. The fourth-order valence-electron chi connectivity index (χ4n) is 4.86. The zero-order chi connectivity index (χ0) is 26.3. The first-order valence-electron chi connectivity index (χ1n) is 13.0. The monoisotopic (exact) mass is 503 g/mol. The number of nitrogens with zero attached hydrogens (tertiary/aromatic N) is 2. The van der Waals surface area contributed by atoms with E-state index < -0.39 is 11.6 Å². The van der Waals surface area contributed by atoms with Gasteiger partial charge >= 0.3 is 18.1 Å². The number of hydrogen-bond acceptors (Lipinski definition) is 6. The predicted molar refractivity (Wildman–Crippen MR) is 137 cm³/mol. The molecule has 3 rings (SSSR count). The van der Waals surface area contributed by atoms with E-state index in [1.54, 1.807) is 25.1 Å². The second-order valence-corrected chi connectivity index (χ2v) is 10.6. The molecule has 36 heavy (non-hydrogen) atoms. The molecular weight excluding hydrogens is 462 g/mol. The number of rotatable bonds is 6. The molecule has 9 heteroatoms. The lowest BCUT2D eigenvalue weighted by Crippen LogP contribution is -2.46. The lowest BCUT2D eigenvalue weighted by molar-refractivity contribution is -0.145. The van der Waals surface area contributed by atoms with Gasteiger partial charge in [-0.2, -0.15) is 0 Å². The Morgan fingerprint density at radius 2 is 1.56 bits per heavy atom. The largest absolute Gasteiger partial charge is 0.482 e. The summed E-state index contributed by atoms with van der Waals surface area (Å²) in [4.78, 5) is 40.3. The quantitative estimate of drug-likeness (QED) is 0.559. The Labute approximate surface area is 214 Å². The van der Waals surface area contributed by atoms with E-state index >= 15 is 0 Å². The van der Waals surface area contributed by atoms with Crippen LogP contribution < -0.4 is 10.1 Å². The number of carbonyl (C=O) groups excluding carboxylic acids is 3. The molecule has 9 nitrogen and oxygen atoms in total. The van der Waals surface area contributed by atoms with Crippen LogP contribution in [-0.4, -0.2) is 72.9 Å². The number of piperidine rings is 2. The van der Waals surface area contributed by atoms with E-state index in [2.05, 4.69) is 5.32 Å². The highest BCUT2D eigenvalue weighted by Gasteiger charge is 2.33. The first kappa shape index (κ1) is 27.6. The van der Waals surface area contributed by atoms with Gasteiger partial charge in [0.25, 0.3) is 0 Å². The highest BCUT2D eigenvalue weighted by Crippen LogP contribution is 2.33. The van der Waals surface area contributed by atoms with Crippen LogP contribution in [0.4, 0.5) is 15.3 Å². The summed E-state index contributed by atoms with van der Waals surface area (Å²) in [5.74, 6) is 1.30. The molecule has 1 N–H and O–H groups in total. The molecule has 0 saturated carbocycles. The number of nitrogens with one attached hydrogen (secondary N) is 1. The van der Waals surface area contributed by atoms with Gasteiger partial charge in [0.2, 0.25) is 0 Å². The zero-order valence-corrected chi connectivity index (χ0v) is 22.3. The van der Waals surface area contributed by atoms with Gasteiger partial charge in [-0.05, 0) is 95.9 Å². The second kappa shape index (κ2) is 12.3. The van der Waals surface area contributed by atoms with Gasteiger partial charge in [0.1, 0.15) is 11.4 Å². The summed E-state index contributed by atoms with van der Waals surface area (Å²) in [6.07, 6.45) is 3.70. The van der Waals surface area contributed by atoms with E-state index in [1.807, 2.05) is 37.5 Å². The number of esters is 1. The number of benzene rings is 1. The van der Waals surface area contributed by atoms with Crippen LogP contribution >= 0.6 is 0 Å². The second-order valence-electron chi connectivity index (χ2n) is 10.6. The number of aryl methyl sites for hydroxylation is 1. The maximum atomic E-state index is 12.9. The molecule has 2 saturated heterocycles. The molecule has 0 bridgehead atoms. The smallest absolute Gasteiger partial charge is 0.410 e. The van der Waals surface area contributed by atoms with Crippen molar-refractivity contribution in [3.05, 3.63) is 23.8 Å². The Morgan fingerprint density at radius 3 is 2.08 bits per heavy atom. The minimum absolute atomic E-state index is 0.100. The highest BCUT2D eigenvalue weighted by atomic mass is 16.6. The molecule has 3 amide bonds. The Bertz CT molecular complexity index is 913. The van der Waals surface area contributed by atoms with E-state index in [-0.39, 0.29) is 18.7 Å². The van der Waals surface area contributed by atoms with Crippen LogP contribution in [0.1, 0.15) is 58.9 Å². The maximum Gasteiger partial charge on any atom is 0.410 e. The summed E-state index contributed by atoms with van der Waals surface area (Å²) in [7, 11) is 0. The first-order valence-corrected chi connectivity index (χ1v) is 13.0. The lowest BCUT2D eigenvalue weighted by Gasteiger charge is -2.40. The first-order chi connectivity index (χ1) is 17.1. The average Bonchev–Trinajstić information content (AvgIpc) is 2.83. The van der Waals surface area contributed by atoms with Crippen LogP contribution in [0.5, 0.6) is 5.75 Å². The van der Waals surface area contributed by atoms with Gasteiger partial charge in [-0.1, -0.05) is 0 Å². The van der Waals surface area contributed by atoms with Gasteiger partial charge in [-0.3, -0.25) is 0 Å². The van der Waals surface area contributed by atoms with E-state index in [9.17, 15) is 14.4 Å².